The van der Waals surface area contributed by atoms with Crippen molar-refractivity contribution >= 4 is 17.6 Å². The number of carbonyl (C=O) groups is 1. The van der Waals surface area contributed by atoms with Gasteiger partial charge in [-0.2, -0.15) is 0 Å². The highest BCUT2D eigenvalue weighted by atomic mass is 35.5. The van der Waals surface area contributed by atoms with Crippen LogP contribution in [0.2, 0.25) is 5.02 Å². The quantitative estimate of drug-likeness (QED) is 0.551. The van der Waals surface area contributed by atoms with Crippen LogP contribution in [0.5, 0.6) is 5.75 Å². The molecule has 0 radical (unpaired) electrons. The van der Waals surface area contributed by atoms with E-state index in [1.807, 2.05) is 6.92 Å². The number of para-hydroxylation sites is 1. The molecule has 13 heavy (non-hydrogen) atoms. The lowest BCUT2D eigenvalue weighted by Gasteiger charge is -2.04. The van der Waals surface area contributed by atoms with E-state index in [4.69, 9.17) is 16.3 Å². The fourth-order valence-electron chi connectivity index (χ4n) is 0.905. The average Bonchev–Trinajstić information content (AvgIpc) is 2.09. The molecule has 0 heterocycles. The van der Waals surface area contributed by atoms with Crippen molar-refractivity contribution in [3.63, 3.8) is 0 Å². The van der Waals surface area contributed by atoms with E-state index in [-0.39, 0.29) is 5.97 Å². The van der Waals surface area contributed by atoms with Crippen molar-refractivity contribution in [2.45, 2.75) is 19.8 Å². The molecule has 1 aromatic carbocycles. The van der Waals surface area contributed by atoms with Gasteiger partial charge in [-0.15, -0.1) is 0 Å². The molecular weight excluding hydrogens is 188 g/mol. The molecule has 0 saturated carbocycles. The second-order valence-corrected chi connectivity index (χ2v) is 3.06. The number of ether oxygens (including phenoxy) is 1. The first-order valence-corrected chi connectivity index (χ1v) is 4.57. The molecule has 3 heteroatoms. The second-order valence-electron chi connectivity index (χ2n) is 2.65. The molecule has 0 aliphatic heterocycles. The minimum atomic E-state index is -0.240. The van der Waals surface area contributed by atoms with Crippen LogP contribution in [0, 0.1) is 0 Å². The summed E-state index contributed by atoms with van der Waals surface area (Å²) in [6.07, 6.45) is 1.20. The van der Waals surface area contributed by atoms with Crippen molar-refractivity contribution in [3.05, 3.63) is 29.3 Å². The van der Waals surface area contributed by atoms with Crippen molar-refractivity contribution in [1.82, 2.24) is 0 Å². The Hall–Kier alpha value is -1.02. The van der Waals surface area contributed by atoms with Crippen molar-refractivity contribution in [1.29, 1.82) is 0 Å². The van der Waals surface area contributed by atoms with E-state index >= 15 is 0 Å². The zero-order chi connectivity index (χ0) is 9.68. The first-order chi connectivity index (χ1) is 6.24. The Morgan fingerprint density at radius 1 is 1.46 bits per heavy atom. The monoisotopic (exact) mass is 198 g/mol. The third kappa shape index (κ3) is 3.07. The summed E-state index contributed by atoms with van der Waals surface area (Å²) in [7, 11) is 0. The van der Waals surface area contributed by atoms with Crippen LogP contribution in [0.25, 0.3) is 0 Å². The predicted molar refractivity (Wildman–Crippen MR) is 52.0 cm³/mol. The lowest BCUT2D eigenvalue weighted by Crippen LogP contribution is -2.06. The molecule has 1 rings (SSSR count). The molecule has 0 aromatic heterocycles. The smallest absolute Gasteiger partial charge is 0.311 e. The van der Waals surface area contributed by atoms with E-state index in [0.29, 0.717) is 17.2 Å². The Morgan fingerprint density at radius 2 is 2.15 bits per heavy atom. The third-order valence-corrected chi connectivity index (χ3v) is 1.83. The van der Waals surface area contributed by atoms with E-state index in [9.17, 15) is 4.79 Å². The van der Waals surface area contributed by atoms with Crippen LogP contribution in [0.15, 0.2) is 24.3 Å². The molecule has 0 aliphatic rings. The largest absolute Gasteiger partial charge is 0.425 e. The van der Waals surface area contributed by atoms with Crippen molar-refractivity contribution < 1.29 is 9.53 Å². The SMILES string of the molecule is CCCC(=O)Oc1ccccc1Cl. The molecule has 0 spiro atoms. The highest BCUT2D eigenvalue weighted by Gasteiger charge is 2.05. The van der Waals surface area contributed by atoms with Crippen LogP contribution in [0.3, 0.4) is 0 Å². The fourth-order valence-corrected chi connectivity index (χ4v) is 1.08. The second kappa shape index (κ2) is 4.87. The van der Waals surface area contributed by atoms with Crippen LogP contribution in [0.4, 0.5) is 0 Å². The molecule has 0 N–H and O–H groups in total. The van der Waals surface area contributed by atoms with Gasteiger partial charge in [0.05, 0.1) is 5.02 Å². The van der Waals surface area contributed by atoms with Crippen LogP contribution in [-0.4, -0.2) is 5.97 Å². The van der Waals surface area contributed by atoms with E-state index in [2.05, 4.69) is 0 Å². The van der Waals surface area contributed by atoms with Gasteiger partial charge in [0.15, 0.2) is 0 Å². The Labute approximate surface area is 82.5 Å². The van der Waals surface area contributed by atoms with E-state index in [1.165, 1.54) is 0 Å². The summed E-state index contributed by atoms with van der Waals surface area (Å²) >= 11 is 5.79. The number of halogens is 1. The Bertz CT molecular complexity index is 297. The first-order valence-electron chi connectivity index (χ1n) is 4.19. The molecule has 2 nitrogen and oxygen atoms in total. The summed E-state index contributed by atoms with van der Waals surface area (Å²) in [5.41, 5.74) is 0. The number of esters is 1. The van der Waals surface area contributed by atoms with Gasteiger partial charge in [0, 0.05) is 6.42 Å². The maximum atomic E-state index is 11.1. The lowest BCUT2D eigenvalue weighted by atomic mass is 10.3. The van der Waals surface area contributed by atoms with Gasteiger partial charge in [0.1, 0.15) is 5.75 Å². The third-order valence-electron chi connectivity index (χ3n) is 1.51. The Balaban J connectivity index is 2.63. The number of hydrogen-bond donors (Lipinski definition) is 0. The molecule has 0 saturated heterocycles. The van der Waals surface area contributed by atoms with Crippen LogP contribution >= 0.6 is 11.6 Å². The molecule has 0 amide bonds. The van der Waals surface area contributed by atoms with Gasteiger partial charge in [0.25, 0.3) is 0 Å². The zero-order valence-electron chi connectivity index (χ0n) is 7.42. The van der Waals surface area contributed by atoms with Gasteiger partial charge in [-0.05, 0) is 18.6 Å². The van der Waals surface area contributed by atoms with Gasteiger partial charge >= 0.3 is 5.97 Å². The summed E-state index contributed by atoms with van der Waals surface area (Å²) in [4.78, 5) is 11.1. The number of rotatable bonds is 3. The topological polar surface area (TPSA) is 26.3 Å². The highest BCUT2D eigenvalue weighted by molar-refractivity contribution is 6.32. The Kier molecular flexibility index (Phi) is 3.77. The average molecular weight is 199 g/mol. The summed E-state index contributed by atoms with van der Waals surface area (Å²) in [5, 5.41) is 0.465. The van der Waals surface area contributed by atoms with Gasteiger partial charge < -0.3 is 4.74 Å². The minimum Gasteiger partial charge on any atom is -0.425 e. The van der Waals surface area contributed by atoms with Crippen LogP contribution in [0.1, 0.15) is 19.8 Å². The van der Waals surface area contributed by atoms with Crippen molar-refractivity contribution in [3.8, 4) is 5.75 Å². The van der Waals surface area contributed by atoms with E-state index < -0.39 is 0 Å². The normalized spacial score (nSPS) is 9.69. The molecule has 0 bridgehead atoms. The number of hydrogen-bond acceptors (Lipinski definition) is 2. The molecule has 0 aliphatic carbocycles. The van der Waals surface area contributed by atoms with Crippen molar-refractivity contribution in [2.75, 3.05) is 0 Å². The summed E-state index contributed by atoms with van der Waals surface area (Å²) in [5.74, 6) is 0.193. The van der Waals surface area contributed by atoms with Gasteiger partial charge in [-0.25, -0.2) is 0 Å². The summed E-state index contributed by atoms with van der Waals surface area (Å²) < 4.78 is 5.01. The van der Waals surface area contributed by atoms with Crippen molar-refractivity contribution in [2.24, 2.45) is 0 Å². The highest BCUT2D eigenvalue weighted by Crippen LogP contribution is 2.23. The first kappa shape index (κ1) is 10.1. The number of benzene rings is 1. The summed E-state index contributed by atoms with van der Waals surface area (Å²) in [6.45, 7) is 1.92. The zero-order valence-corrected chi connectivity index (χ0v) is 8.17. The number of carbonyl (C=O) groups excluding carboxylic acids is 1. The molecule has 0 fully saturated rings. The Morgan fingerprint density at radius 3 is 2.77 bits per heavy atom. The molecule has 0 atom stereocenters. The minimum absolute atomic E-state index is 0.240. The maximum absolute atomic E-state index is 11.1. The maximum Gasteiger partial charge on any atom is 0.311 e. The summed E-state index contributed by atoms with van der Waals surface area (Å²) in [6, 6.07) is 6.94. The van der Waals surface area contributed by atoms with Crippen LogP contribution in [-0.2, 0) is 4.79 Å². The molecule has 1 aromatic rings. The lowest BCUT2D eigenvalue weighted by molar-refractivity contribution is -0.134. The molecule has 70 valence electrons. The van der Waals surface area contributed by atoms with Gasteiger partial charge in [-0.3, -0.25) is 4.79 Å². The van der Waals surface area contributed by atoms with Crippen LogP contribution < -0.4 is 4.74 Å². The van der Waals surface area contributed by atoms with Gasteiger partial charge in [0.2, 0.25) is 0 Å². The fraction of sp³-hybridized carbons (Fsp3) is 0.300. The molecular formula is C10H11ClO2. The van der Waals surface area contributed by atoms with Gasteiger partial charge in [-0.1, -0.05) is 30.7 Å². The van der Waals surface area contributed by atoms with E-state index in [0.717, 1.165) is 6.42 Å². The van der Waals surface area contributed by atoms with E-state index in [1.54, 1.807) is 24.3 Å². The standard InChI is InChI=1S/C10H11ClO2/c1-2-5-10(12)13-9-7-4-3-6-8(9)11/h3-4,6-7H,2,5H2,1H3. The predicted octanol–water partition coefficient (Wildman–Crippen LogP) is 3.05. The molecule has 0 unspecified atom stereocenters.